The van der Waals surface area contributed by atoms with E-state index in [1.165, 1.54) is 13.7 Å². The Bertz CT molecular complexity index is 450. The Labute approximate surface area is 99.6 Å². The second kappa shape index (κ2) is 3.67. The van der Waals surface area contributed by atoms with Crippen molar-refractivity contribution in [2.45, 2.75) is 4.90 Å². The minimum atomic E-state index is 0.929. The number of methoxy groups -OCH3 is 1. The summed E-state index contributed by atoms with van der Waals surface area (Å²) in [6, 6.07) is 3.93. The maximum absolute atomic E-state index is 5.29. The van der Waals surface area contributed by atoms with Crippen LogP contribution in [0.3, 0.4) is 0 Å². The van der Waals surface area contributed by atoms with E-state index in [-0.39, 0.29) is 0 Å². The molecule has 2 rings (SSSR count). The Morgan fingerprint density at radius 2 is 2.23 bits per heavy atom. The summed E-state index contributed by atoms with van der Waals surface area (Å²) >= 11 is 8.42. The smallest absolute Gasteiger partial charge is 0.128 e. The molecule has 0 fully saturated rings. The molecule has 68 valence electrons. The van der Waals surface area contributed by atoms with E-state index in [0.717, 1.165) is 10.6 Å². The molecule has 0 atom stereocenters. The standard InChI is InChI=1S/C9H7IOS2/c1-11-6-2-3-7(12)9-8(6)5(10)4-13-9/h2-4,12H,1H3. The van der Waals surface area contributed by atoms with E-state index >= 15 is 0 Å². The number of thiophene rings is 1. The monoisotopic (exact) mass is 322 g/mol. The van der Waals surface area contributed by atoms with Crippen molar-refractivity contribution in [3.8, 4) is 5.75 Å². The fraction of sp³-hybridized carbons (Fsp3) is 0.111. The molecule has 0 radical (unpaired) electrons. The van der Waals surface area contributed by atoms with Crippen molar-refractivity contribution in [2.75, 3.05) is 7.11 Å². The molecule has 0 amide bonds. The van der Waals surface area contributed by atoms with Crippen LogP contribution in [0.1, 0.15) is 0 Å². The molecule has 0 N–H and O–H groups in total. The van der Waals surface area contributed by atoms with Gasteiger partial charge in [-0.25, -0.2) is 0 Å². The lowest BCUT2D eigenvalue weighted by Gasteiger charge is -2.03. The summed E-state index contributed by atoms with van der Waals surface area (Å²) in [4.78, 5) is 1.02. The Hall–Kier alpha value is 0.0600. The third kappa shape index (κ3) is 1.55. The van der Waals surface area contributed by atoms with Gasteiger partial charge in [-0.1, -0.05) is 0 Å². The lowest BCUT2D eigenvalue weighted by Crippen LogP contribution is -1.83. The molecule has 1 aromatic carbocycles. The van der Waals surface area contributed by atoms with E-state index in [1.807, 2.05) is 12.1 Å². The zero-order chi connectivity index (χ0) is 9.42. The van der Waals surface area contributed by atoms with Gasteiger partial charge in [0.1, 0.15) is 5.75 Å². The van der Waals surface area contributed by atoms with Crippen LogP contribution in [0.4, 0.5) is 0 Å². The number of ether oxygens (including phenoxy) is 1. The lowest BCUT2D eigenvalue weighted by atomic mass is 10.2. The fourth-order valence-electron chi connectivity index (χ4n) is 1.24. The molecule has 0 spiro atoms. The van der Waals surface area contributed by atoms with Gasteiger partial charge < -0.3 is 4.74 Å². The van der Waals surface area contributed by atoms with Gasteiger partial charge in [-0.15, -0.1) is 24.0 Å². The predicted molar refractivity (Wildman–Crippen MR) is 68.3 cm³/mol. The van der Waals surface area contributed by atoms with Crippen LogP contribution in [0.5, 0.6) is 5.75 Å². The van der Waals surface area contributed by atoms with Gasteiger partial charge in [0, 0.05) is 19.2 Å². The highest BCUT2D eigenvalue weighted by Crippen LogP contribution is 2.38. The van der Waals surface area contributed by atoms with E-state index in [0.29, 0.717) is 0 Å². The van der Waals surface area contributed by atoms with Crippen LogP contribution in [0.15, 0.2) is 22.4 Å². The lowest BCUT2D eigenvalue weighted by molar-refractivity contribution is 0.419. The Morgan fingerprint density at radius 1 is 1.46 bits per heavy atom. The number of fused-ring (bicyclic) bond motifs is 1. The van der Waals surface area contributed by atoms with Crippen LogP contribution in [-0.2, 0) is 0 Å². The second-order valence-electron chi connectivity index (χ2n) is 2.57. The van der Waals surface area contributed by atoms with Crippen molar-refractivity contribution in [3.05, 3.63) is 21.1 Å². The Balaban J connectivity index is 2.88. The maximum atomic E-state index is 5.29. The molecule has 4 heteroatoms. The third-order valence-corrected chi connectivity index (χ3v) is 4.65. The minimum absolute atomic E-state index is 0.929. The van der Waals surface area contributed by atoms with Crippen molar-refractivity contribution < 1.29 is 4.74 Å². The molecule has 2 aromatic rings. The number of hydrogen-bond donors (Lipinski definition) is 1. The summed E-state index contributed by atoms with van der Waals surface area (Å²) < 4.78 is 7.72. The molecule has 1 heterocycles. The van der Waals surface area contributed by atoms with Crippen molar-refractivity contribution in [2.24, 2.45) is 0 Å². The van der Waals surface area contributed by atoms with Gasteiger partial charge in [-0.2, -0.15) is 0 Å². The second-order valence-corrected chi connectivity index (χ2v) is 5.10. The van der Waals surface area contributed by atoms with Gasteiger partial charge in [0.25, 0.3) is 0 Å². The van der Waals surface area contributed by atoms with Crippen LogP contribution in [0.2, 0.25) is 0 Å². The van der Waals surface area contributed by atoms with Crippen LogP contribution in [0.25, 0.3) is 10.1 Å². The molecule has 1 nitrogen and oxygen atoms in total. The first kappa shape index (κ1) is 9.61. The summed E-state index contributed by atoms with van der Waals surface area (Å²) in [6.07, 6.45) is 0. The molecule has 1 aromatic heterocycles. The quantitative estimate of drug-likeness (QED) is 0.621. The number of hydrogen-bond acceptors (Lipinski definition) is 3. The summed E-state index contributed by atoms with van der Waals surface area (Å²) in [5.41, 5.74) is 0. The van der Waals surface area contributed by atoms with Gasteiger partial charge in [-0.3, -0.25) is 0 Å². The Kier molecular flexibility index (Phi) is 2.71. The van der Waals surface area contributed by atoms with Gasteiger partial charge in [0.15, 0.2) is 0 Å². The van der Waals surface area contributed by atoms with Crippen LogP contribution < -0.4 is 4.74 Å². The summed E-state index contributed by atoms with van der Waals surface area (Å²) in [6.45, 7) is 0. The predicted octanol–water partition coefficient (Wildman–Crippen LogP) is 3.80. The van der Waals surface area contributed by atoms with E-state index < -0.39 is 0 Å². The van der Waals surface area contributed by atoms with Gasteiger partial charge in [0.2, 0.25) is 0 Å². The molecular formula is C9H7IOS2. The van der Waals surface area contributed by atoms with E-state index in [9.17, 15) is 0 Å². The summed E-state index contributed by atoms with van der Waals surface area (Å²) in [5, 5.41) is 3.30. The van der Waals surface area contributed by atoms with Crippen molar-refractivity contribution >= 4 is 56.6 Å². The minimum Gasteiger partial charge on any atom is -0.496 e. The normalized spacial score (nSPS) is 10.7. The molecule has 0 saturated carbocycles. The Morgan fingerprint density at radius 3 is 2.92 bits per heavy atom. The zero-order valence-corrected chi connectivity index (χ0v) is 10.7. The number of rotatable bonds is 1. The topological polar surface area (TPSA) is 9.23 Å². The van der Waals surface area contributed by atoms with Crippen LogP contribution >= 0.6 is 46.6 Å². The number of halogens is 1. The summed E-state index contributed by atoms with van der Waals surface area (Å²) in [5.74, 6) is 0.929. The molecule has 0 bridgehead atoms. The van der Waals surface area contributed by atoms with E-state index in [2.05, 4.69) is 40.6 Å². The highest BCUT2D eigenvalue weighted by molar-refractivity contribution is 14.1. The van der Waals surface area contributed by atoms with Gasteiger partial charge in [0.05, 0.1) is 11.8 Å². The number of thiol groups is 1. The van der Waals surface area contributed by atoms with E-state index in [4.69, 9.17) is 4.74 Å². The first-order valence-electron chi connectivity index (χ1n) is 3.66. The van der Waals surface area contributed by atoms with Crippen LogP contribution in [0, 0.1) is 3.57 Å². The van der Waals surface area contributed by atoms with Gasteiger partial charge >= 0.3 is 0 Å². The van der Waals surface area contributed by atoms with Crippen molar-refractivity contribution in [1.29, 1.82) is 0 Å². The van der Waals surface area contributed by atoms with Crippen molar-refractivity contribution in [3.63, 3.8) is 0 Å². The average Bonchev–Trinajstić information content (AvgIpc) is 2.51. The first-order valence-corrected chi connectivity index (χ1v) is 6.07. The van der Waals surface area contributed by atoms with Gasteiger partial charge in [-0.05, 0) is 34.7 Å². The molecule has 0 aliphatic rings. The molecular weight excluding hydrogens is 315 g/mol. The highest BCUT2D eigenvalue weighted by Gasteiger charge is 2.09. The SMILES string of the molecule is COc1ccc(S)c2scc(I)c12. The molecule has 0 saturated heterocycles. The maximum Gasteiger partial charge on any atom is 0.128 e. The fourth-order valence-corrected chi connectivity index (χ4v) is 3.54. The van der Waals surface area contributed by atoms with Crippen molar-refractivity contribution in [1.82, 2.24) is 0 Å². The zero-order valence-electron chi connectivity index (χ0n) is 6.87. The molecule has 13 heavy (non-hydrogen) atoms. The van der Waals surface area contributed by atoms with E-state index in [1.54, 1.807) is 18.4 Å². The molecule has 0 aliphatic heterocycles. The first-order chi connectivity index (χ1) is 6.24. The van der Waals surface area contributed by atoms with Crippen LogP contribution in [-0.4, -0.2) is 7.11 Å². The highest BCUT2D eigenvalue weighted by atomic mass is 127. The average molecular weight is 322 g/mol. The third-order valence-electron chi connectivity index (χ3n) is 1.84. The molecule has 0 unspecified atom stereocenters. The largest absolute Gasteiger partial charge is 0.496 e. The molecule has 0 aliphatic carbocycles. The number of benzene rings is 1. The summed E-state index contributed by atoms with van der Waals surface area (Å²) in [7, 11) is 1.70.